The molecule has 0 heterocycles. The molecule has 0 aliphatic carbocycles. The summed E-state index contributed by atoms with van der Waals surface area (Å²) in [6.07, 6.45) is 0. The minimum absolute atomic E-state index is 0.0520. The van der Waals surface area contributed by atoms with E-state index in [1.54, 1.807) is 6.07 Å². The summed E-state index contributed by atoms with van der Waals surface area (Å²) in [6.45, 7) is 0. The third-order valence-corrected chi connectivity index (χ3v) is 4.90. The van der Waals surface area contributed by atoms with Crippen molar-refractivity contribution in [2.75, 3.05) is 14.1 Å². The molecule has 0 saturated heterocycles. The Morgan fingerprint density at radius 2 is 1.77 bits per heavy atom. The van der Waals surface area contributed by atoms with Gasteiger partial charge < -0.3 is 5.11 Å². The van der Waals surface area contributed by atoms with Gasteiger partial charge in [0.05, 0.1) is 10.5 Å². The number of hydrogen-bond acceptors (Lipinski definition) is 3. The van der Waals surface area contributed by atoms with Gasteiger partial charge >= 0.3 is 5.97 Å². The van der Waals surface area contributed by atoms with E-state index < -0.39 is 21.8 Å². The number of carboxylic acids is 1. The average molecular weight is 323 g/mol. The smallest absolute Gasteiger partial charge is 0.335 e. The highest BCUT2D eigenvalue weighted by atomic mass is 32.2. The van der Waals surface area contributed by atoms with Crippen molar-refractivity contribution in [2.24, 2.45) is 0 Å². The topological polar surface area (TPSA) is 74.7 Å². The van der Waals surface area contributed by atoms with Crippen LogP contribution in [-0.4, -0.2) is 37.9 Å². The second kappa shape index (κ2) is 5.86. The molecule has 0 aromatic heterocycles. The van der Waals surface area contributed by atoms with Crippen molar-refractivity contribution in [3.05, 3.63) is 53.8 Å². The van der Waals surface area contributed by atoms with Crippen LogP contribution >= 0.6 is 0 Å². The van der Waals surface area contributed by atoms with E-state index in [0.717, 1.165) is 16.4 Å². The molecule has 2 aromatic carbocycles. The van der Waals surface area contributed by atoms with Crippen LogP contribution in [0, 0.1) is 5.82 Å². The molecule has 0 aliphatic rings. The van der Waals surface area contributed by atoms with Gasteiger partial charge in [0.2, 0.25) is 10.0 Å². The zero-order chi connectivity index (χ0) is 16.5. The van der Waals surface area contributed by atoms with E-state index in [2.05, 4.69) is 0 Å². The quantitative estimate of drug-likeness (QED) is 0.938. The zero-order valence-electron chi connectivity index (χ0n) is 11.9. The first kappa shape index (κ1) is 16.1. The number of benzene rings is 2. The predicted molar refractivity (Wildman–Crippen MR) is 79.7 cm³/mol. The Morgan fingerprint density at radius 3 is 2.36 bits per heavy atom. The first-order valence-electron chi connectivity index (χ1n) is 6.28. The maximum absolute atomic E-state index is 13.5. The van der Waals surface area contributed by atoms with Gasteiger partial charge in [-0.15, -0.1) is 0 Å². The van der Waals surface area contributed by atoms with Crippen LogP contribution in [0.25, 0.3) is 11.1 Å². The molecule has 0 aliphatic heterocycles. The summed E-state index contributed by atoms with van der Waals surface area (Å²) in [6, 6.07) is 9.30. The van der Waals surface area contributed by atoms with E-state index in [0.29, 0.717) is 11.1 Å². The molecular weight excluding hydrogens is 309 g/mol. The molecule has 0 amide bonds. The lowest BCUT2D eigenvalue weighted by Crippen LogP contribution is -2.22. The Hall–Kier alpha value is -2.25. The Balaban J connectivity index is 2.58. The van der Waals surface area contributed by atoms with Crippen molar-refractivity contribution < 1.29 is 22.7 Å². The highest BCUT2D eigenvalue weighted by Crippen LogP contribution is 2.25. The summed E-state index contributed by atoms with van der Waals surface area (Å²) >= 11 is 0. The molecule has 1 N–H and O–H groups in total. The number of aromatic carboxylic acids is 1. The van der Waals surface area contributed by atoms with E-state index in [-0.39, 0.29) is 10.5 Å². The molecule has 7 heteroatoms. The number of halogens is 1. The van der Waals surface area contributed by atoms with Crippen LogP contribution in [0.1, 0.15) is 10.4 Å². The van der Waals surface area contributed by atoms with Gasteiger partial charge in [-0.05, 0) is 41.5 Å². The number of sulfonamides is 1. The number of hydrogen-bond donors (Lipinski definition) is 1. The molecule has 22 heavy (non-hydrogen) atoms. The zero-order valence-corrected chi connectivity index (χ0v) is 12.8. The van der Waals surface area contributed by atoms with E-state index in [1.165, 1.54) is 38.4 Å². The van der Waals surface area contributed by atoms with Crippen LogP contribution in [0.15, 0.2) is 47.4 Å². The summed E-state index contributed by atoms with van der Waals surface area (Å²) in [7, 11) is -0.802. The van der Waals surface area contributed by atoms with Gasteiger partial charge in [-0.2, -0.15) is 0 Å². The lowest BCUT2D eigenvalue weighted by Gasteiger charge is -2.12. The molecule has 5 nitrogen and oxygen atoms in total. The third kappa shape index (κ3) is 3.15. The van der Waals surface area contributed by atoms with Crippen molar-refractivity contribution >= 4 is 16.0 Å². The van der Waals surface area contributed by atoms with Crippen LogP contribution in [0.4, 0.5) is 4.39 Å². The maximum atomic E-state index is 13.5. The minimum Gasteiger partial charge on any atom is -0.478 e. The summed E-state index contributed by atoms with van der Waals surface area (Å²) < 4.78 is 38.8. The minimum atomic E-state index is -3.62. The number of carboxylic acid groups (broad SMARTS) is 1. The van der Waals surface area contributed by atoms with Gasteiger partial charge in [-0.1, -0.05) is 12.1 Å². The lowest BCUT2D eigenvalue weighted by molar-refractivity contribution is 0.0696. The number of rotatable bonds is 4. The Labute approximate surface area is 127 Å². The largest absolute Gasteiger partial charge is 0.478 e. The Kier molecular flexibility index (Phi) is 4.30. The van der Waals surface area contributed by atoms with Crippen molar-refractivity contribution in [3.63, 3.8) is 0 Å². The third-order valence-electron chi connectivity index (χ3n) is 3.09. The van der Waals surface area contributed by atoms with E-state index in [1.807, 2.05) is 0 Å². The van der Waals surface area contributed by atoms with Crippen LogP contribution in [-0.2, 0) is 10.0 Å². The molecule has 0 bridgehead atoms. The van der Waals surface area contributed by atoms with Crippen molar-refractivity contribution in [2.45, 2.75) is 4.90 Å². The molecule has 0 unspecified atom stereocenters. The summed E-state index contributed by atoms with van der Waals surface area (Å²) in [5, 5.41) is 8.97. The SMILES string of the molecule is CN(C)S(=O)(=O)c1cccc(-c2cc(F)cc(C(=O)O)c2)c1. The van der Waals surface area contributed by atoms with E-state index in [9.17, 15) is 17.6 Å². The van der Waals surface area contributed by atoms with Gasteiger partial charge in [-0.25, -0.2) is 21.9 Å². The molecular formula is C15H14FNO4S. The number of nitrogens with zero attached hydrogens (tertiary/aromatic N) is 1. The van der Waals surface area contributed by atoms with Crippen molar-refractivity contribution in [3.8, 4) is 11.1 Å². The van der Waals surface area contributed by atoms with Gasteiger partial charge in [-0.3, -0.25) is 0 Å². The summed E-state index contributed by atoms with van der Waals surface area (Å²) in [5.74, 6) is -1.95. The molecule has 116 valence electrons. The molecule has 0 atom stereocenters. The summed E-state index contributed by atoms with van der Waals surface area (Å²) in [4.78, 5) is 11.0. The van der Waals surface area contributed by atoms with Gasteiger partial charge in [0.25, 0.3) is 0 Å². The van der Waals surface area contributed by atoms with Crippen LogP contribution in [0.2, 0.25) is 0 Å². The second-order valence-electron chi connectivity index (χ2n) is 4.85. The highest BCUT2D eigenvalue weighted by Gasteiger charge is 2.18. The highest BCUT2D eigenvalue weighted by molar-refractivity contribution is 7.89. The van der Waals surface area contributed by atoms with Crippen LogP contribution in [0.3, 0.4) is 0 Å². The standard InChI is InChI=1S/C15H14FNO4S/c1-17(2)22(20,21)14-5-3-4-10(9-14)11-6-12(15(18)19)8-13(16)7-11/h3-9H,1-2H3,(H,18,19). The van der Waals surface area contributed by atoms with Gasteiger partial charge in [0, 0.05) is 14.1 Å². The fourth-order valence-electron chi connectivity index (χ4n) is 1.93. The normalized spacial score (nSPS) is 11.6. The fourth-order valence-corrected chi connectivity index (χ4v) is 2.87. The van der Waals surface area contributed by atoms with Crippen LogP contribution < -0.4 is 0 Å². The first-order valence-corrected chi connectivity index (χ1v) is 7.72. The predicted octanol–water partition coefficient (Wildman–Crippen LogP) is 2.44. The van der Waals surface area contributed by atoms with E-state index in [4.69, 9.17) is 5.11 Å². The molecule has 0 spiro atoms. The lowest BCUT2D eigenvalue weighted by atomic mass is 10.0. The van der Waals surface area contributed by atoms with Crippen molar-refractivity contribution in [1.29, 1.82) is 0 Å². The fraction of sp³-hybridized carbons (Fsp3) is 0.133. The maximum Gasteiger partial charge on any atom is 0.335 e. The molecule has 0 radical (unpaired) electrons. The molecule has 0 fully saturated rings. The monoisotopic (exact) mass is 323 g/mol. The first-order chi connectivity index (χ1) is 10.2. The summed E-state index contributed by atoms with van der Waals surface area (Å²) in [5.41, 5.74) is 0.522. The number of carbonyl (C=O) groups is 1. The average Bonchev–Trinajstić information content (AvgIpc) is 2.46. The second-order valence-corrected chi connectivity index (χ2v) is 7.00. The molecule has 2 rings (SSSR count). The van der Waals surface area contributed by atoms with Gasteiger partial charge in [0.15, 0.2) is 0 Å². The Bertz CT molecular complexity index is 831. The van der Waals surface area contributed by atoms with Gasteiger partial charge in [0.1, 0.15) is 5.82 Å². The van der Waals surface area contributed by atoms with E-state index >= 15 is 0 Å². The molecule has 2 aromatic rings. The van der Waals surface area contributed by atoms with Crippen LogP contribution in [0.5, 0.6) is 0 Å². The van der Waals surface area contributed by atoms with Crippen molar-refractivity contribution in [1.82, 2.24) is 4.31 Å². The Morgan fingerprint density at radius 1 is 1.09 bits per heavy atom. The molecule has 0 saturated carbocycles.